The Balaban J connectivity index is 0. The molecule has 0 saturated heterocycles. The van der Waals surface area contributed by atoms with Crippen LogP contribution < -0.4 is 34.7 Å². The number of carboxylic acid groups (broad SMARTS) is 1. The van der Waals surface area contributed by atoms with Crippen LogP contribution in [0.1, 0.15) is 27.2 Å². The summed E-state index contributed by atoms with van der Waals surface area (Å²) in [6, 6.07) is 0. The molecular weight excluding hydrogens is 186 g/mol. The molecule has 0 rings (SSSR count). The second-order valence-electron chi connectivity index (χ2n) is 3.66. The second-order valence-corrected chi connectivity index (χ2v) is 3.66. The number of ketones is 1. The minimum Gasteiger partial charge on any atom is -0.550 e. The smallest absolute Gasteiger partial charge is 0.550 e. The van der Waals surface area contributed by atoms with Gasteiger partial charge in [0.15, 0.2) is 12.0 Å². The van der Waals surface area contributed by atoms with Gasteiger partial charge in [0.1, 0.15) is 0 Å². The zero-order valence-corrected chi connectivity index (χ0v) is 10.4. The number of Topliss-reactive ketones (excluding diaryl/α,β-unsaturated/α-hetero) is 1. The van der Waals surface area contributed by atoms with Crippen LogP contribution in [0.5, 0.6) is 0 Å². The standard InChI is InChI=1S/C8H13FO3.Na/c1-8(2,3)7(12)5(9)4-6(10)11;/h5H,4H2,1-3H3,(H,10,11);/q;+1/p-1/t5-;/m1./s1. The van der Waals surface area contributed by atoms with Crippen molar-refractivity contribution in [2.45, 2.75) is 33.4 Å². The van der Waals surface area contributed by atoms with Crippen molar-refractivity contribution < 1.29 is 48.6 Å². The average molecular weight is 198 g/mol. The number of halogens is 1. The molecule has 5 heteroatoms. The van der Waals surface area contributed by atoms with Crippen LogP contribution in [0.3, 0.4) is 0 Å². The zero-order chi connectivity index (χ0) is 9.94. The molecule has 0 aliphatic rings. The second kappa shape index (κ2) is 5.73. The molecule has 0 fully saturated rings. The van der Waals surface area contributed by atoms with Crippen LogP contribution in [-0.4, -0.2) is 17.9 Å². The van der Waals surface area contributed by atoms with Crippen LogP contribution in [0.4, 0.5) is 4.39 Å². The minimum absolute atomic E-state index is 0. The topological polar surface area (TPSA) is 57.2 Å². The molecule has 1 atom stereocenters. The Morgan fingerprint density at radius 1 is 1.38 bits per heavy atom. The maximum atomic E-state index is 12.8. The Labute approximate surface area is 99.0 Å². The molecule has 0 spiro atoms. The van der Waals surface area contributed by atoms with Gasteiger partial charge in [-0.05, 0) is 0 Å². The van der Waals surface area contributed by atoms with E-state index in [0.29, 0.717) is 0 Å². The number of alkyl halides is 1. The fraction of sp³-hybridized carbons (Fsp3) is 0.750. The first-order valence-corrected chi connectivity index (χ1v) is 3.63. The van der Waals surface area contributed by atoms with E-state index in [9.17, 15) is 19.1 Å². The van der Waals surface area contributed by atoms with E-state index in [1.807, 2.05) is 0 Å². The Morgan fingerprint density at radius 3 is 2.00 bits per heavy atom. The monoisotopic (exact) mass is 198 g/mol. The van der Waals surface area contributed by atoms with Crippen LogP contribution in [0.25, 0.3) is 0 Å². The van der Waals surface area contributed by atoms with Crippen LogP contribution in [-0.2, 0) is 9.59 Å². The molecule has 0 aliphatic heterocycles. The number of rotatable bonds is 3. The summed E-state index contributed by atoms with van der Waals surface area (Å²) in [5, 5.41) is 9.94. The maximum Gasteiger partial charge on any atom is 1.00 e. The van der Waals surface area contributed by atoms with Crippen LogP contribution in [0.15, 0.2) is 0 Å². The average Bonchev–Trinajstić information content (AvgIpc) is 1.82. The summed E-state index contributed by atoms with van der Waals surface area (Å²) in [5.74, 6) is -2.24. The van der Waals surface area contributed by atoms with Gasteiger partial charge < -0.3 is 9.90 Å². The van der Waals surface area contributed by atoms with E-state index in [4.69, 9.17) is 0 Å². The van der Waals surface area contributed by atoms with Crippen molar-refractivity contribution >= 4 is 11.8 Å². The van der Waals surface area contributed by atoms with Crippen LogP contribution >= 0.6 is 0 Å². The minimum atomic E-state index is -1.95. The van der Waals surface area contributed by atoms with Gasteiger partial charge in [-0.25, -0.2) is 4.39 Å². The van der Waals surface area contributed by atoms with Crippen LogP contribution in [0.2, 0.25) is 0 Å². The van der Waals surface area contributed by atoms with Crippen LogP contribution in [0, 0.1) is 5.41 Å². The molecule has 0 N–H and O–H groups in total. The summed E-state index contributed by atoms with van der Waals surface area (Å²) in [6.07, 6.45) is -2.80. The molecule has 0 unspecified atom stereocenters. The molecule has 3 nitrogen and oxygen atoms in total. The SMILES string of the molecule is CC(C)(C)C(=O)[C@H](F)CC(=O)[O-].[Na+]. The molecule has 0 aliphatic carbocycles. The Hall–Kier alpha value is 0.0700. The van der Waals surface area contributed by atoms with E-state index in [1.54, 1.807) is 0 Å². The number of carboxylic acids is 1. The summed E-state index contributed by atoms with van der Waals surface area (Å²) < 4.78 is 12.8. The number of carbonyl (C=O) groups is 2. The van der Waals surface area contributed by atoms with Crippen molar-refractivity contribution in [3.63, 3.8) is 0 Å². The third-order valence-corrected chi connectivity index (χ3v) is 1.37. The molecule has 13 heavy (non-hydrogen) atoms. The third kappa shape index (κ3) is 6.18. The zero-order valence-electron chi connectivity index (χ0n) is 8.39. The van der Waals surface area contributed by atoms with E-state index in [2.05, 4.69) is 0 Å². The largest absolute Gasteiger partial charge is 1.00 e. The molecule has 0 bridgehead atoms. The molecule has 0 heterocycles. The van der Waals surface area contributed by atoms with Crippen molar-refractivity contribution in [1.29, 1.82) is 0 Å². The molecule has 0 amide bonds. The van der Waals surface area contributed by atoms with Crippen molar-refractivity contribution in [3.8, 4) is 0 Å². The van der Waals surface area contributed by atoms with Gasteiger partial charge in [0.25, 0.3) is 0 Å². The van der Waals surface area contributed by atoms with E-state index in [-0.39, 0.29) is 29.6 Å². The molecule has 0 aromatic carbocycles. The fourth-order valence-electron chi connectivity index (χ4n) is 0.709. The van der Waals surface area contributed by atoms with Gasteiger partial charge in [-0.1, -0.05) is 20.8 Å². The van der Waals surface area contributed by atoms with Gasteiger partial charge >= 0.3 is 29.6 Å². The van der Waals surface area contributed by atoms with E-state index < -0.39 is 29.8 Å². The predicted octanol–water partition coefficient (Wildman–Crippen LogP) is -2.92. The maximum absolute atomic E-state index is 12.8. The first kappa shape index (κ1) is 15.5. The first-order chi connectivity index (χ1) is 5.25. The molecule has 0 saturated carbocycles. The van der Waals surface area contributed by atoms with E-state index in [1.165, 1.54) is 20.8 Å². The Morgan fingerprint density at radius 2 is 1.77 bits per heavy atom. The first-order valence-electron chi connectivity index (χ1n) is 3.63. The van der Waals surface area contributed by atoms with Crippen molar-refractivity contribution in [2.24, 2.45) is 5.41 Å². The summed E-state index contributed by atoms with van der Waals surface area (Å²) >= 11 is 0. The molecule has 70 valence electrons. The van der Waals surface area contributed by atoms with Gasteiger partial charge in [0, 0.05) is 17.8 Å². The number of hydrogen-bond donors (Lipinski definition) is 0. The summed E-state index contributed by atoms with van der Waals surface area (Å²) in [5.41, 5.74) is -0.838. The number of hydrogen-bond acceptors (Lipinski definition) is 3. The number of carbonyl (C=O) groups excluding carboxylic acids is 2. The molecule has 0 aromatic rings. The molecule has 0 aromatic heterocycles. The van der Waals surface area contributed by atoms with Gasteiger partial charge in [0.05, 0.1) is 0 Å². The van der Waals surface area contributed by atoms with Crippen molar-refractivity contribution in [3.05, 3.63) is 0 Å². The third-order valence-electron chi connectivity index (χ3n) is 1.37. The predicted molar refractivity (Wildman–Crippen MR) is 39.0 cm³/mol. The van der Waals surface area contributed by atoms with Gasteiger partial charge in [-0.2, -0.15) is 0 Å². The Bertz CT molecular complexity index is 198. The van der Waals surface area contributed by atoms with Gasteiger partial charge in [-0.3, -0.25) is 4.79 Å². The quantitative estimate of drug-likeness (QED) is 0.457. The molecule has 0 radical (unpaired) electrons. The normalized spacial score (nSPS) is 12.9. The van der Waals surface area contributed by atoms with Gasteiger partial charge in [0.2, 0.25) is 0 Å². The van der Waals surface area contributed by atoms with E-state index in [0.717, 1.165) is 0 Å². The van der Waals surface area contributed by atoms with Crippen molar-refractivity contribution in [1.82, 2.24) is 0 Å². The van der Waals surface area contributed by atoms with E-state index >= 15 is 0 Å². The summed E-state index contributed by atoms with van der Waals surface area (Å²) in [6.45, 7) is 4.62. The summed E-state index contributed by atoms with van der Waals surface area (Å²) in [4.78, 5) is 21.0. The van der Waals surface area contributed by atoms with Gasteiger partial charge in [-0.15, -0.1) is 0 Å². The number of aliphatic carboxylic acids is 1. The Kier molecular flexibility index (Phi) is 6.85. The van der Waals surface area contributed by atoms with Crippen molar-refractivity contribution in [2.75, 3.05) is 0 Å². The fourth-order valence-corrected chi connectivity index (χ4v) is 0.709. The summed E-state index contributed by atoms with van der Waals surface area (Å²) in [7, 11) is 0. The molecular formula is C8H12FNaO3.